The molecule has 1 aliphatic heterocycles. The minimum atomic E-state index is 0.838. The summed E-state index contributed by atoms with van der Waals surface area (Å²) in [6, 6.07) is 0. The smallest absolute Gasteiger partial charge is 0.0503 e. The van der Waals surface area contributed by atoms with Crippen LogP contribution in [0.4, 0.5) is 0 Å². The molecule has 1 rings (SSSR count). The van der Waals surface area contributed by atoms with Gasteiger partial charge in [-0.05, 0) is 19.3 Å². The van der Waals surface area contributed by atoms with Crippen molar-refractivity contribution in [1.29, 1.82) is 0 Å². The summed E-state index contributed by atoms with van der Waals surface area (Å²) in [5.41, 5.74) is 1.54. The minimum Gasteiger partial charge on any atom is -0.384 e. The number of rotatable bonds is 3. The molecule has 0 aromatic heterocycles. The molecule has 0 saturated carbocycles. The Morgan fingerprint density at radius 1 is 1.45 bits per heavy atom. The van der Waals surface area contributed by atoms with Gasteiger partial charge in [0.15, 0.2) is 0 Å². The van der Waals surface area contributed by atoms with Crippen LogP contribution in [0.25, 0.3) is 0 Å². The first kappa shape index (κ1) is 8.75. The molecule has 0 spiro atoms. The molecular formula is C9H16O2. The van der Waals surface area contributed by atoms with E-state index in [-0.39, 0.29) is 0 Å². The van der Waals surface area contributed by atoms with Gasteiger partial charge in [0.1, 0.15) is 0 Å². The summed E-state index contributed by atoms with van der Waals surface area (Å²) in [6.07, 6.45) is 5.56. The van der Waals surface area contributed by atoms with E-state index in [1.54, 1.807) is 7.11 Å². The molecule has 2 heteroatoms. The van der Waals surface area contributed by atoms with Gasteiger partial charge in [-0.2, -0.15) is 0 Å². The van der Waals surface area contributed by atoms with Gasteiger partial charge < -0.3 is 9.47 Å². The van der Waals surface area contributed by atoms with Crippen molar-refractivity contribution in [2.75, 3.05) is 26.9 Å². The van der Waals surface area contributed by atoms with E-state index in [2.05, 4.69) is 6.08 Å². The van der Waals surface area contributed by atoms with Gasteiger partial charge in [-0.25, -0.2) is 0 Å². The van der Waals surface area contributed by atoms with Gasteiger partial charge in [-0.3, -0.25) is 0 Å². The van der Waals surface area contributed by atoms with Crippen LogP contribution in [0.1, 0.15) is 19.3 Å². The summed E-state index contributed by atoms with van der Waals surface area (Å²) in [5.74, 6) is 0. The van der Waals surface area contributed by atoms with Crippen molar-refractivity contribution in [3.8, 4) is 0 Å². The first-order chi connectivity index (χ1) is 5.43. The number of hydrogen-bond acceptors (Lipinski definition) is 2. The molecule has 64 valence electrons. The van der Waals surface area contributed by atoms with Gasteiger partial charge in [-0.15, -0.1) is 0 Å². The Morgan fingerprint density at radius 3 is 2.82 bits per heavy atom. The zero-order chi connectivity index (χ0) is 7.94. The van der Waals surface area contributed by atoms with Crippen LogP contribution in [0.5, 0.6) is 0 Å². The number of hydrogen-bond donors (Lipinski definition) is 0. The molecule has 0 unspecified atom stereocenters. The van der Waals surface area contributed by atoms with Crippen molar-refractivity contribution in [1.82, 2.24) is 0 Å². The lowest BCUT2D eigenvalue weighted by atomic mass is 10.1. The highest BCUT2D eigenvalue weighted by Crippen LogP contribution is 2.13. The van der Waals surface area contributed by atoms with E-state index in [0.717, 1.165) is 39.1 Å². The number of methoxy groups -OCH3 is 1. The van der Waals surface area contributed by atoms with Crippen LogP contribution in [0, 0.1) is 0 Å². The second-order valence-electron chi connectivity index (χ2n) is 2.76. The summed E-state index contributed by atoms with van der Waals surface area (Å²) in [6.45, 7) is 2.64. The lowest BCUT2D eigenvalue weighted by Crippen LogP contribution is -2.07. The largest absolute Gasteiger partial charge is 0.384 e. The molecule has 1 saturated heterocycles. The SMILES string of the molecule is COCCC=C1CCOCC1. The third-order valence-corrected chi connectivity index (χ3v) is 1.89. The van der Waals surface area contributed by atoms with Gasteiger partial charge in [0.25, 0.3) is 0 Å². The number of ether oxygens (including phenoxy) is 2. The summed E-state index contributed by atoms with van der Waals surface area (Å²) in [4.78, 5) is 0. The van der Waals surface area contributed by atoms with Crippen molar-refractivity contribution in [3.05, 3.63) is 11.6 Å². The third kappa shape index (κ3) is 3.54. The van der Waals surface area contributed by atoms with E-state index in [1.807, 2.05) is 0 Å². The van der Waals surface area contributed by atoms with Gasteiger partial charge in [0.05, 0.1) is 13.2 Å². The molecule has 0 radical (unpaired) electrons. The molecule has 0 aromatic carbocycles. The lowest BCUT2D eigenvalue weighted by molar-refractivity contribution is 0.118. The van der Waals surface area contributed by atoms with E-state index < -0.39 is 0 Å². The predicted molar refractivity (Wildman–Crippen MR) is 44.6 cm³/mol. The molecule has 0 amide bonds. The second-order valence-corrected chi connectivity index (χ2v) is 2.76. The Balaban J connectivity index is 2.15. The molecule has 1 fully saturated rings. The molecule has 0 bridgehead atoms. The van der Waals surface area contributed by atoms with Crippen LogP contribution in [-0.2, 0) is 9.47 Å². The van der Waals surface area contributed by atoms with Crippen LogP contribution in [-0.4, -0.2) is 26.9 Å². The third-order valence-electron chi connectivity index (χ3n) is 1.89. The maximum absolute atomic E-state index is 5.23. The fourth-order valence-corrected chi connectivity index (χ4v) is 1.22. The highest BCUT2D eigenvalue weighted by Gasteiger charge is 2.03. The molecule has 11 heavy (non-hydrogen) atoms. The molecule has 0 atom stereocenters. The van der Waals surface area contributed by atoms with Crippen molar-refractivity contribution in [3.63, 3.8) is 0 Å². The maximum Gasteiger partial charge on any atom is 0.0503 e. The highest BCUT2D eigenvalue weighted by atomic mass is 16.5. The Labute approximate surface area is 68.2 Å². The van der Waals surface area contributed by atoms with Crippen molar-refractivity contribution in [2.45, 2.75) is 19.3 Å². The van der Waals surface area contributed by atoms with Crippen LogP contribution < -0.4 is 0 Å². The molecule has 0 aliphatic carbocycles. The molecule has 0 N–H and O–H groups in total. The molecule has 1 heterocycles. The second kappa shape index (κ2) is 5.33. The lowest BCUT2D eigenvalue weighted by Gasteiger charge is -2.14. The van der Waals surface area contributed by atoms with E-state index in [9.17, 15) is 0 Å². The monoisotopic (exact) mass is 156 g/mol. The topological polar surface area (TPSA) is 18.5 Å². The zero-order valence-electron chi connectivity index (χ0n) is 7.14. The normalized spacial score (nSPS) is 18.5. The Kier molecular flexibility index (Phi) is 4.24. The van der Waals surface area contributed by atoms with E-state index in [0.29, 0.717) is 0 Å². The van der Waals surface area contributed by atoms with E-state index in [4.69, 9.17) is 9.47 Å². The standard InChI is InChI=1S/C9H16O2/c1-10-6-2-3-9-4-7-11-8-5-9/h3H,2,4-8H2,1H3. The Bertz CT molecular complexity index is 122. The van der Waals surface area contributed by atoms with E-state index in [1.165, 1.54) is 5.57 Å². The fourth-order valence-electron chi connectivity index (χ4n) is 1.22. The first-order valence-corrected chi connectivity index (χ1v) is 4.18. The quantitative estimate of drug-likeness (QED) is 0.458. The first-order valence-electron chi connectivity index (χ1n) is 4.18. The average molecular weight is 156 g/mol. The highest BCUT2D eigenvalue weighted by molar-refractivity contribution is 5.03. The van der Waals surface area contributed by atoms with Gasteiger partial charge in [-0.1, -0.05) is 11.6 Å². The van der Waals surface area contributed by atoms with Crippen LogP contribution in [0.3, 0.4) is 0 Å². The average Bonchev–Trinajstić information content (AvgIpc) is 2.07. The molecular weight excluding hydrogens is 140 g/mol. The molecule has 1 aliphatic rings. The minimum absolute atomic E-state index is 0.838. The Hall–Kier alpha value is -0.340. The van der Waals surface area contributed by atoms with Crippen LogP contribution in [0.15, 0.2) is 11.6 Å². The summed E-state index contributed by atoms with van der Waals surface area (Å²) in [5, 5.41) is 0. The maximum atomic E-state index is 5.23. The van der Waals surface area contributed by atoms with Gasteiger partial charge in [0.2, 0.25) is 0 Å². The molecule has 0 aromatic rings. The summed E-state index contributed by atoms with van der Waals surface area (Å²) < 4.78 is 10.2. The van der Waals surface area contributed by atoms with Gasteiger partial charge in [0, 0.05) is 13.7 Å². The van der Waals surface area contributed by atoms with Crippen LogP contribution >= 0.6 is 0 Å². The van der Waals surface area contributed by atoms with E-state index >= 15 is 0 Å². The van der Waals surface area contributed by atoms with Crippen molar-refractivity contribution in [2.24, 2.45) is 0 Å². The van der Waals surface area contributed by atoms with Gasteiger partial charge >= 0.3 is 0 Å². The summed E-state index contributed by atoms with van der Waals surface area (Å²) in [7, 11) is 1.74. The summed E-state index contributed by atoms with van der Waals surface area (Å²) >= 11 is 0. The van der Waals surface area contributed by atoms with Crippen molar-refractivity contribution < 1.29 is 9.47 Å². The fraction of sp³-hybridized carbons (Fsp3) is 0.778. The predicted octanol–water partition coefficient (Wildman–Crippen LogP) is 1.76. The Morgan fingerprint density at radius 2 is 2.18 bits per heavy atom. The van der Waals surface area contributed by atoms with Crippen molar-refractivity contribution >= 4 is 0 Å². The molecule has 2 nitrogen and oxygen atoms in total. The zero-order valence-corrected chi connectivity index (χ0v) is 7.14. The van der Waals surface area contributed by atoms with Crippen LogP contribution in [0.2, 0.25) is 0 Å².